The first-order valence-electron chi connectivity index (χ1n) is 9.48. The maximum absolute atomic E-state index is 14.0. The second-order valence-corrected chi connectivity index (χ2v) is 7.09. The van der Waals surface area contributed by atoms with Gasteiger partial charge in [-0.15, -0.1) is 0 Å². The molecule has 1 aromatic heterocycles. The summed E-state index contributed by atoms with van der Waals surface area (Å²) in [4.78, 5) is 26.6. The number of nitrogens with zero attached hydrogens (tertiary/aromatic N) is 2. The van der Waals surface area contributed by atoms with Gasteiger partial charge in [-0.3, -0.25) is 19.6 Å². The molecule has 3 N–H and O–H groups in total. The molecule has 7 nitrogen and oxygen atoms in total. The predicted octanol–water partition coefficient (Wildman–Crippen LogP) is 1.22. The summed E-state index contributed by atoms with van der Waals surface area (Å²) in [6.07, 6.45) is 0.722. The van der Waals surface area contributed by atoms with E-state index < -0.39 is 6.04 Å². The first kappa shape index (κ1) is 20.0. The lowest BCUT2D eigenvalue weighted by molar-refractivity contribution is -0.134. The van der Waals surface area contributed by atoms with Crippen LogP contribution in [0.25, 0.3) is 0 Å². The number of rotatable bonds is 7. The predicted molar refractivity (Wildman–Crippen MR) is 103 cm³/mol. The Labute approximate surface area is 163 Å². The molecule has 1 aliphatic heterocycles. The van der Waals surface area contributed by atoms with E-state index in [0.717, 1.165) is 17.0 Å². The second kappa shape index (κ2) is 8.97. The molecule has 1 atom stereocenters. The van der Waals surface area contributed by atoms with Crippen LogP contribution in [-0.4, -0.2) is 52.6 Å². The molecule has 8 heteroatoms. The Morgan fingerprint density at radius 3 is 2.86 bits per heavy atom. The first-order chi connectivity index (χ1) is 13.5. The second-order valence-electron chi connectivity index (χ2n) is 7.09. The van der Waals surface area contributed by atoms with E-state index in [0.29, 0.717) is 38.2 Å². The minimum absolute atomic E-state index is 0.0453. The Kier molecular flexibility index (Phi) is 6.41. The third-order valence-corrected chi connectivity index (χ3v) is 5.13. The molecule has 150 valence electrons. The van der Waals surface area contributed by atoms with Crippen LogP contribution in [0.2, 0.25) is 0 Å². The van der Waals surface area contributed by atoms with Crippen LogP contribution in [0.15, 0.2) is 24.3 Å². The van der Waals surface area contributed by atoms with Crippen LogP contribution in [0.5, 0.6) is 0 Å². The molecule has 0 saturated carbocycles. The van der Waals surface area contributed by atoms with Gasteiger partial charge in [-0.05, 0) is 31.9 Å². The highest BCUT2D eigenvalue weighted by atomic mass is 19.1. The van der Waals surface area contributed by atoms with Crippen molar-refractivity contribution >= 4 is 11.8 Å². The third-order valence-electron chi connectivity index (χ3n) is 5.13. The van der Waals surface area contributed by atoms with Crippen molar-refractivity contribution in [3.63, 3.8) is 0 Å². The molecule has 0 radical (unpaired) electrons. The topological polar surface area (TPSA) is 90.1 Å². The molecule has 0 aliphatic carbocycles. The number of aromatic nitrogens is 2. The van der Waals surface area contributed by atoms with E-state index in [1.54, 1.807) is 18.2 Å². The van der Waals surface area contributed by atoms with Gasteiger partial charge in [0.15, 0.2) is 0 Å². The number of piperazine rings is 1. The van der Waals surface area contributed by atoms with Crippen LogP contribution in [0.3, 0.4) is 0 Å². The van der Waals surface area contributed by atoms with Crippen molar-refractivity contribution in [2.75, 3.05) is 19.6 Å². The number of carbonyl (C=O) groups excluding carboxylic acids is 2. The highest BCUT2D eigenvalue weighted by Gasteiger charge is 2.31. The Morgan fingerprint density at radius 2 is 2.14 bits per heavy atom. The van der Waals surface area contributed by atoms with Crippen molar-refractivity contribution in [3.8, 4) is 0 Å². The SMILES string of the molecule is Cc1n[nH]c(C)c1CCNC(=O)CC1C(=O)NCCN1Cc1ccccc1F. The molecule has 1 aromatic carbocycles. The van der Waals surface area contributed by atoms with E-state index in [1.807, 2.05) is 18.7 Å². The maximum atomic E-state index is 14.0. The largest absolute Gasteiger partial charge is 0.356 e. The van der Waals surface area contributed by atoms with Gasteiger partial charge < -0.3 is 10.6 Å². The Balaban J connectivity index is 1.57. The molecular weight excluding hydrogens is 361 g/mol. The molecule has 2 amide bonds. The average Bonchev–Trinajstić information content (AvgIpc) is 2.98. The number of H-pyrrole nitrogens is 1. The molecule has 1 aliphatic rings. The minimum atomic E-state index is -0.606. The molecule has 1 saturated heterocycles. The van der Waals surface area contributed by atoms with Crippen LogP contribution in [0.4, 0.5) is 4.39 Å². The van der Waals surface area contributed by atoms with Crippen LogP contribution in [-0.2, 0) is 22.6 Å². The van der Waals surface area contributed by atoms with E-state index in [-0.39, 0.29) is 24.1 Å². The van der Waals surface area contributed by atoms with Crippen LogP contribution in [0, 0.1) is 19.7 Å². The smallest absolute Gasteiger partial charge is 0.237 e. The number of aromatic amines is 1. The zero-order valence-electron chi connectivity index (χ0n) is 16.2. The molecule has 1 fully saturated rings. The van der Waals surface area contributed by atoms with Crippen molar-refractivity contribution < 1.29 is 14.0 Å². The fourth-order valence-corrected chi connectivity index (χ4v) is 3.54. The van der Waals surface area contributed by atoms with E-state index in [4.69, 9.17) is 0 Å². The van der Waals surface area contributed by atoms with Crippen LogP contribution >= 0.6 is 0 Å². The van der Waals surface area contributed by atoms with Crippen molar-refractivity contribution in [2.24, 2.45) is 0 Å². The summed E-state index contributed by atoms with van der Waals surface area (Å²) >= 11 is 0. The summed E-state index contributed by atoms with van der Waals surface area (Å²) in [5, 5.41) is 12.7. The molecule has 0 bridgehead atoms. The minimum Gasteiger partial charge on any atom is -0.356 e. The van der Waals surface area contributed by atoms with Gasteiger partial charge in [0.1, 0.15) is 5.82 Å². The highest BCUT2D eigenvalue weighted by Crippen LogP contribution is 2.16. The number of halogens is 1. The van der Waals surface area contributed by atoms with Gasteiger partial charge in [0.05, 0.1) is 18.2 Å². The molecular formula is C20H26FN5O2. The summed E-state index contributed by atoms with van der Waals surface area (Å²) in [7, 11) is 0. The summed E-state index contributed by atoms with van der Waals surface area (Å²) in [6.45, 7) is 5.71. The summed E-state index contributed by atoms with van der Waals surface area (Å²) in [6, 6.07) is 5.90. The number of aryl methyl sites for hydroxylation is 2. The number of hydrogen-bond acceptors (Lipinski definition) is 4. The number of carbonyl (C=O) groups is 2. The normalized spacial score (nSPS) is 17.4. The van der Waals surface area contributed by atoms with Gasteiger partial charge in [-0.2, -0.15) is 5.10 Å². The lowest BCUT2D eigenvalue weighted by atomic mass is 10.1. The van der Waals surface area contributed by atoms with Crippen molar-refractivity contribution in [1.82, 2.24) is 25.7 Å². The number of hydrogen-bond donors (Lipinski definition) is 3. The maximum Gasteiger partial charge on any atom is 0.237 e. The molecule has 1 unspecified atom stereocenters. The first-order valence-corrected chi connectivity index (χ1v) is 9.48. The number of nitrogens with one attached hydrogen (secondary N) is 3. The zero-order valence-corrected chi connectivity index (χ0v) is 16.2. The molecule has 2 heterocycles. The lowest BCUT2D eigenvalue weighted by Crippen LogP contribution is -2.56. The van der Waals surface area contributed by atoms with Crippen LogP contribution < -0.4 is 10.6 Å². The average molecular weight is 387 g/mol. The zero-order chi connectivity index (χ0) is 20.1. The molecule has 3 rings (SSSR count). The fourth-order valence-electron chi connectivity index (χ4n) is 3.54. The molecule has 0 spiro atoms. The van der Waals surface area contributed by atoms with Gasteiger partial charge in [0.25, 0.3) is 0 Å². The van der Waals surface area contributed by atoms with Crippen molar-refractivity contribution in [1.29, 1.82) is 0 Å². The fraction of sp³-hybridized carbons (Fsp3) is 0.450. The third kappa shape index (κ3) is 4.75. The molecule has 2 aromatic rings. The summed E-state index contributed by atoms with van der Waals surface area (Å²) in [5.41, 5.74) is 3.54. The van der Waals surface area contributed by atoms with E-state index in [2.05, 4.69) is 20.8 Å². The van der Waals surface area contributed by atoms with E-state index >= 15 is 0 Å². The van der Waals surface area contributed by atoms with Gasteiger partial charge in [-0.25, -0.2) is 4.39 Å². The highest BCUT2D eigenvalue weighted by molar-refractivity contribution is 5.88. The van der Waals surface area contributed by atoms with E-state index in [9.17, 15) is 14.0 Å². The summed E-state index contributed by atoms with van der Waals surface area (Å²) in [5.74, 6) is -0.693. The monoisotopic (exact) mass is 387 g/mol. The number of benzene rings is 1. The van der Waals surface area contributed by atoms with Gasteiger partial charge in [0.2, 0.25) is 11.8 Å². The van der Waals surface area contributed by atoms with Crippen LogP contribution in [0.1, 0.15) is 28.9 Å². The van der Waals surface area contributed by atoms with Crippen molar-refractivity contribution in [2.45, 2.75) is 39.3 Å². The standard InChI is InChI=1S/C20H26FN5O2/c1-13-16(14(2)25-24-13)7-8-22-19(27)11-18-20(28)23-9-10-26(18)12-15-5-3-4-6-17(15)21/h3-6,18H,7-12H2,1-2H3,(H,22,27)(H,23,28)(H,24,25). The van der Waals surface area contributed by atoms with Gasteiger partial charge >= 0.3 is 0 Å². The Hall–Kier alpha value is -2.74. The Bertz CT molecular complexity index is 831. The quantitative estimate of drug-likeness (QED) is 0.666. The van der Waals surface area contributed by atoms with Gasteiger partial charge in [0, 0.05) is 37.4 Å². The van der Waals surface area contributed by atoms with Gasteiger partial charge in [-0.1, -0.05) is 18.2 Å². The molecule has 28 heavy (non-hydrogen) atoms. The Morgan fingerprint density at radius 1 is 1.36 bits per heavy atom. The lowest BCUT2D eigenvalue weighted by Gasteiger charge is -2.34. The summed E-state index contributed by atoms with van der Waals surface area (Å²) < 4.78 is 14.0. The number of amides is 2. The van der Waals surface area contributed by atoms with Crippen molar-refractivity contribution in [3.05, 3.63) is 52.6 Å². The van der Waals surface area contributed by atoms with E-state index in [1.165, 1.54) is 6.07 Å².